The average molecular weight is 536 g/mol. The first-order chi connectivity index (χ1) is 14.6. The predicted octanol–water partition coefficient (Wildman–Crippen LogP) is 3.79. The molecule has 10 heteroatoms. The third kappa shape index (κ3) is 6.20. The minimum absolute atomic E-state index is 0.240. The quantitative estimate of drug-likeness (QED) is 0.164. The summed E-state index contributed by atoms with van der Waals surface area (Å²) < 4.78 is 6.29. The van der Waals surface area contributed by atoms with E-state index in [9.17, 15) is 4.79 Å². The maximum Gasteiger partial charge on any atom is 0.256 e. The van der Waals surface area contributed by atoms with E-state index in [0.29, 0.717) is 41.3 Å². The number of hydrogen-bond acceptors (Lipinski definition) is 8. The van der Waals surface area contributed by atoms with Crippen LogP contribution in [0.3, 0.4) is 0 Å². The van der Waals surface area contributed by atoms with Gasteiger partial charge in [0.25, 0.3) is 5.91 Å². The Kier molecular flexibility index (Phi) is 8.08. The number of carbonyl (C=O) groups is 1. The summed E-state index contributed by atoms with van der Waals surface area (Å²) in [6, 6.07) is 13.3. The Hall–Kier alpha value is -2.60. The Morgan fingerprint density at radius 2 is 1.90 bits per heavy atom. The van der Waals surface area contributed by atoms with Gasteiger partial charge in [0.2, 0.25) is 5.88 Å². The first-order valence-electron chi connectivity index (χ1n) is 9.06. The first-order valence-corrected chi connectivity index (χ1v) is 11.4. The zero-order chi connectivity index (χ0) is 21.3. The predicted molar refractivity (Wildman–Crippen MR) is 128 cm³/mol. The molecule has 0 bridgehead atoms. The highest BCUT2D eigenvalue weighted by molar-refractivity contribution is 14.1. The van der Waals surface area contributed by atoms with E-state index in [1.54, 1.807) is 18.3 Å². The molecule has 0 aliphatic rings. The molecule has 0 saturated heterocycles. The third-order valence-corrected chi connectivity index (χ3v) is 5.20. The van der Waals surface area contributed by atoms with E-state index in [2.05, 4.69) is 53.5 Å². The fraction of sp³-hybridized carbons (Fsp3) is 0.200. The van der Waals surface area contributed by atoms with Crippen molar-refractivity contribution < 1.29 is 9.53 Å². The van der Waals surface area contributed by atoms with E-state index in [4.69, 9.17) is 4.74 Å². The summed E-state index contributed by atoms with van der Waals surface area (Å²) in [5, 5.41) is 10.0. The van der Waals surface area contributed by atoms with E-state index in [0.717, 1.165) is 5.69 Å². The molecule has 3 N–H and O–H groups in total. The minimum Gasteiger partial charge on any atom is -0.480 e. The van der Waals surface area contributed by atoms with Crippen LogP contribution < -0.4 is 20.7 Å². The average Bonchev–Trinajstić information content (AvgIpc) is 2.78. The van der Waals surface area contributed by atoms with E-state index < -0.39 is 0 Å². The standard InChI is InChI=1S/C20H21IN6O2S/c1-29-19-15(4-3-9-24-19)18(28)23-11-10-22-16-12-17(27-20(26-16)30-2)25-14-7-5-13(21)6-8-14/h3-9,12H,10-11H2,1-2H3,(H,23,28)(H2,22,25,26,27). The number of rotatable bonds is 9. The van der Waals surface area contributed by atoms with Gasteiger partial charge in [0.1, 0.15) is 17.2 Å². The third-order valence-electron chi connectivity index (χ3n) is 3.93. The second kappa shape index (κ2) is 11.0. The summed E-state index contributed by atoms with van der Waals surface area (Å²) in [5.74, 6) is 1.43. The van der Waals surface area contributed by atoms with Crippen LogP contribution >= 0.6 is 34.4 Å². The number of benzene rings is 1. The number of amides is 1. The zero-order valence-corrected chi connectivity index (χ0v) is 19.5. The number of nitrogens with zero attached hydrogens (tertiary/aromatic N) is 3. The number of aromatic nitrogens is 3. The Balaban J connectivity index is 1.58. The van der Waals surface area contributed by atoms with Crippen LogP contribution in [0.25, 0.3) is 0 Å². The maximum absolute atomic E-state index is 12.3. The molecule has 3 rings (SSSR count). The van der Waals surface area contributed by atoms with Crippen LogP contribution in [0.2, 0.25) is 0 Å². The number of hydrogen-bond donors (Lipinski definition) is 3. The molecule has 8 nitrogen and oxygen atoms in total. The summed E-state index contributed by atoms with van der Waals surface area (Å²) in [6.07, 6.45) is 3.51. The number of carbonyl (C=O) groups excluding carboxylic acids is 1. The van der Waals surface area contributed by atoms with Crippen LogP contribution in [0.1, 0.15) is 10.4 Å². The molecule has 0 atom stereocenters. The molecule has 0 radical (unpaired) electrons. The van der Waals surface area contributed by atoms with Gasteiger partial charge < -0.3 is 20.7 Å². The molecule has 1 amide bonds. The van der Waals surface area contributed by atoms with Crippen molar-refractivity contribution in [3.8, 4) is 5.88 Å². The van der Waals surface area contributed by atoms with Gasteiger partial charge in [-0.1, -0.05) is 11.8 Å². The molecule has 3 aromatic rings. The highest BCUT2D eigenvalue weighted by atomic mass is 127. The van der Waals surface area contributed by atoms with Gasteiger partial charge >= 0.3 is 0 Å². The summed E-state index contributed by atoms with van der Waals surface area (Å²) in [7, 11) is 1.49. The number of halogens is 1. The molecule has 30 heavy (non-hydrogen) atoms. The monoisotopic (exact) mass is 536 g/mol. The van der Waals surface area contributed by atoms with Crippen LogP contribution in [0.15, 0.2) is 53.8 Å². The second-order valence-electron chi connectivity index (χ2n) is 6.00. The molecule has 0 unspecified atom stereocenters. The first kappa shape index (κ1) is 22.1. The van der Waals surface area contributed by atoms with E-state index in [1.165, 1.54) is 22.4 Å². The van der Waals surface area contributed by atoms with Crippen molar-refractivity contribution in [3.63, 3.8) is 0 Å². The van der Waals surface area contributed by atoms with Crippen molar-refractivity contribution in [1.82, 2.24) is 20.3 Å². The van der Waals surface area contributed by atoms with Gasteiger partial charge in [-0.25, -0.2) is 15.0 Å². The lowest BCUT2D eigenvalue weighted by molar-refractivity contribution is 0.0951. The highest BCUT2D eigenvalue weighted by Crippen LogP contribution is 2.21. The number of methoxy groups -OCH3 is 1. The number of pyridine rings is 1. The number of nitrogens with one attached hydrogen (secondary N) is 3. The van der Waals surface area contributed by atoms with E-state index in [-0.39, 0.29) is 5.91 Å². The van der Waals surface area contributed by atoms with Crippen molar-refractivity contribution in [2.24, 2.45) is 0 Å². The Bertz CT molecular complexity index is 1000. The van der Waals surface area contributed by atoms with Gasteiger partial charge in [0, 0.05) is 34.6 Å². The number of thioether (sulfide) groups is 1. The smallest absolute Gasteiger partial charge is 0.256 e. The molecular weight excluding hydrogens is 515 g/mol. The molecule has 0 aliphatic carbocycles. The van der Waals surface area contributed by atoms with Crippen molar-refractivity contribution >= 4 is 57.6 Å². The van der Waals surface area contributed by atoms with Gasteiger partial charge in [0.15, 0.2) is 5.16 Å². The van der Waals surface area contributed by atoms with Crippen LogP contribution in [0, 0.1) is 3.57 Å². The highest BCUT2D eigenvalue weighted by Gasteiger charge is 2.12. The molecule has 2 heterocycles. The topological polar surface area (TPSA) is 101 Å². The zero-order valence-electron chi connectivity index (χ0n) is 16.5. The molecular formula is C20H21IN6O2S. The second-order valence-corrected chi connectivity index (χ2v) is 8.02. The van der Waals surface area contributed by atoms with Gasteiger partial charge in [-0.15, -0.1) is 0 Å². The van der Waals surface area contributed by atoms with Crippen molar-refractivity contribution in [2.75, 3.05) is 37.1 Å². The van der Waals surface area contributed by atoms with Crippen LogP contribution in [0.5, 0.6) is 5.88 Å². The van der Waals surface area contributed by atoms with Gasteiger partial charge in [0.05, 0.1) is 7.11 Å². The maximum atomic E-state index is 12.3. The normalized spacial score (nSPS) is 10.4. The van der Waals surface area contributed by atoms with E-state index in [1.807, 2.05) is 36.6 Å². The Morgan fingerprint density at radius 1 is 1.13 bits per heavy atom. The SMILES string of the molecule is COc1ncccc1C(=O)NCCNc1cc(Nc2ccc(I)cc2)nc(SC)n1. The van der Waals surface area contributed by atoms with Crippen LogP contribution in [-0.4, -0.2) is 47.3 Å². The molecule has 0 aliphatic heterocycles. The molecule has 2 aromatic heterocycles. The summed E-state index contributed by atoms with van der Waals surface area (Å²) in [6.45, 7) is 0.914. The molecule has 156 valence electrons. The fourth-order valence-corrected chi connectivity index (χ4v) is 3.28. The van der Waals surface area contributed by atoms with E-state index >= 15 is 0 Å². The van der Waals surface area contributed by atoms with Crippen molar-refractivity contribution in [2.45, 2.75) is 5.16 Å². The fourth-order valence-electron chi connectivity index (χ4n) is 2.54. The van der Waals surface area contributed by atoms with Gasteiger partial charge in [-0.3, -0.25) is 4.79 Å². The van der Waals surface area contributed by atoms with Gasteiger partial charge in [-0.05, 0) is 65.2 Å². The Morgan fingerprint density at radius 3 is 2.63 bits per heavy atom. The van der Waals surface area contributed by atoms with Crippen molar-refractivity contribution in [1.29, 1.82) is 0 Å². The molecule has 1 aromatic carbocycles. The van der Waals surface area contributed by atoms with Crippen molar-refractivity contribution in [3.05, 3.63) is 57.8 Å². The molecule has 0 spiro atoms. The number of ether oxygens (including phenoxy) is 1. The number of anilines is 3. The lowest BCUT2D eigenvalue weighted by Crippen LogP contribution is -2.29. The molecule has 0 saturated carbocycles. The largest absolute Gasteiger partial charge is 0.480 e. The van der Waals surface area contributed by atoms with Crippen LogP contribution in [0.4, 0.5) is 17.3 Å². The van der Waals surface area contributed by atoms with Gasteiger partial charge in [-0.2, -0.15) is 0 Å². The molecule has 0 fully saturated rings. The van der Waals surface area contributed by atoms with Crippen LogP contribution in [-0.2, 0) is 0 Å². The lowest BCUT2D eigenvalue weighted by Gasteiger charge is -2.12. The summed E-state index contributed by atoms with van der Waals surface area (Å²) in [5.41, 5.74) is 1.35. The minimum atomic E-state index is -0.240. The Labute approximate surface area is 192 Å². The summed E-state index contributed by atoms with van der Waals surface area (Å²) in [4.78, 5) is 25.3. The summed E-state index contributed by atoms with van der Waals surface area (Å²) >= 11 is 3.73. The lowest BCUT2D eigenvalue weighted by atomic mass is 10.2.